The highest BCUT2D eigenvalue weighted by Crippen LogP contribution is 2.26. The van der Waals surface area contributed by atoms with Crippen LogP contribution in [0, 0.1) is 5.92 Å². The maximum absolute atomic E-state index is 11.6. The number of carbonyl (C=O) groups is 1. The first-order valence-electron chi connectivity index (χ1n) is 8.02. The molecule has 0 saturated carbocycles. The zero-order valence-electron chi connectivity index (χ0n) is 14.0. The molecule has 136 valence electrons. The summed E-state index contributed by atoms with van der Waals surface area (Å²) in [7, 11) is -4.05. The van der Waals surface area contributed by atoms with Crippen LogP contribution in [0.1, 0.15) is 46.0 Å². The zero-order valence-corrected chi connectivity index (χ0v) is 14.9. The van der Waals surface area contributed by atoms with Gasteiger partial charge in [0.25, 0.3) is 10.1 Å². The number of carboxylic acids is 1. The molecule has 0 atom stereocenters. The molecule has 0 heterocycles. The lowest BCUT2D eigenvalue weighted by Crippen LogP contribution is -2.52. The highest BCUT2D eigenvalue weighted by atomic mass is 32.2. The van der Waals surface area contributed by atoms with Crippen LogP contribution in [0.5, 0.6) is 0 Å². The van der Waals surface area contributed by atoms with Crippen LogP contribution in [-0.4, -0.2) is 44.5 Å². The number of rotatable bonds is 13. The van der Waals surface area contributed by atoms with Crippen LogP contribution < -0.4 is 10.8 Å². The van der Waals surface area contributed by atoms with Gasteiger partial charge in [-0.3, -0.25) is 4.55 Å². The normalized spacial score (nSPS) is 13.3. The summed E-state index contributed by atoms with van der Waals surface area (Å²) in [5, 5.41) is 11.6. The minimum atomic E-state index is -4.05. The average molecular weight is 351 g/mol. The van der Waals surface area contributed by atoms with E-state index < -0.39 is 16.1 Å². The molecule has 0 amide bonds. The van der Waals surface area contributed by atoms with Crippen molar-refractivity contribution < 1.29 is 33.3 Å². The second-order valence-electron chi connectivity index (χ2n) is 5.42. The van der Waals surface area contributed by atoms with Crippen LogP contribution >= 0.6 is 0 Å². The molecule has 23 heavy (non-hydrogen) atoms. The third-order valence-electron chi connectivity index (χ3n) is 3.71. The quantitative estimate of drug-likeness (QED) is 0.268. The fourth-order valence-corrected chi connectivity index (χ4v) is 3.07. The summed E-state index contributed by atoms with van der Waals surface area (Å²) in [6, 6.07) is 0. The molecule has 0 saturated heterocycles. The van der Waals surface area contributed by atoms with Crippen LogP contribution in [0.15, 0.2) is 11.1 Å². The maximum atomic E-state index is 11.6. The molecule has 0 radical (unpaired) electrons. The van der Waals surface area contributed by atoms with E-state index in [0.717, 1.165) is 0 Å². The van der Waals surface area contributed by atoms with Gasteiger partial charge in [-0.25, -0.2) is 0 Å². The number of ether oxygens (including phenoxy) is 1. The van der Waals surface area contributed by atoms with E-state index in [4.69, 9.17) is 9.29 Å². The van der Waals surface area contributed by atoms with E-state index in [-0.39, 0.29) is 30.1 Å². The maximum Gasteiger partial charge on any atom is 0.264 e. The Morgan fingerprint density at radius 2 is 1.83 bits per heavy atom. The van der Waals surface area contributed by atoms with Crippen LogP contribution in [-0.2, 0) is 19.6 Å². The summed E-state index contributed by atoms with van der Waals surface area (Å²) >= 11 is 0. The molecule has 0 fully saturated rings. The largest absolute Gasteiger partial charge is 0.545 e. The fourth-order valence-electron chi connectivity index (χ4n) is 2.56. The van der Waals surface area contributed by atoms with E-state index in [1.807, 2.05) is 13.8 Å². The van der Waals surface area contributed by atoms with Crippen molar-refractivity contribution in [3.63, 3.8) is 0 Å². The van der Waals surface area contributed by atoms with Gasteiger partial charge in [-0.1, -0.05) is 19.4 Å². The number of quaternary nitrogens is 1. The van der Waals surface area contributed by atoms with Crippen LogP contribution in [0.25, 0.3) is 0 Å². The Bertz CT molecular complexity index is 482. The van der Waals surface area contributed by atoms with Crippen molar-refractivity contribution in [1.82, 2.24) is 0 Å². The molecular weight excluding hydrogens is 322 g/mol. The predicted octanol–water partition coefficient (Wildman–Crippen LogP) is -0.214. The summed E-state index contributed by atoms with van der Waals surface area (Å²) < 4.78 is 35.9. The second-order valence-corrected chi connectivity index (χ2v) is 7.00. The van der Waals surface area contributed by atoms with Gasteiger partial charge < -0.3 is 20.4 Å². The van der Waals surface area contributed by atoms with Crippen molar-refractivity contribution in [2.45, 2.75) is 46.0 Å². The zero-order chi connectivity index (χ0) is 17.9. The molecule has 0 rings (SSSR count). The Morgan fingerprint density at radius 1 is 1.22 bits per heavy atom. The Labute approximate surface area is 138 Å². The summed E-state index contributed by atoms with van der Waals surface area (Å²) in [6.07, 6.45) is 2.20. The van der Waals surface area contributed by atoms with Gasteiger partial charge in [-0.05, 0) is 43.6 Å². The summed E-state index contributed by atoms with van der Waals surface area (Å²) in [5.74, 6) is -1.73. The van der Waals surface area contributed by atoms with Crippen LogP contribution in [0.4, 0.5) is 0 Å². The second kappa shape index (κ2) is 11.6. The topological polar surface area (TPSA) is 131 Å². The minimum absolute atomic E-state index is 0.131. The highest BCUT2D eigenvalue weighted by molar-refractivity contribution is 7.85. The van der Waals surface area contributed by atoms with E-state index in [1.165, 1.54) is 0 Å². The molecular formula is C15H29NO6S. The SMILES string of the molecule is CCC(CC)C(C(=O)[O-])=C(CCCS(=O)(=O)O)CCOCC[NH3+]. The fraction of sp³-hybridized carbons (Fsp3) is 0.800. The van der Waals surface area contributed by atoms with Gasteiger partial charge in [0.15, 0.2) is 0 Å². The number of carboxylic acid groups (broad SMARTS) is 1. The van der Waals surface area contributed by atoms with Gasteiger partial charge in [-0.2, -0.15) is 8.42 Å². The molecule has 7 nitrogen and oxygen atoms in total. The monoisotopic (exact) mass is 351 g/mol. The molecule has 0 spiro atoms. The molecule has 4 N–H and O–H groups in total. The van der Waals surface area contributed by atoms with Crippen molar-refractivity contribution >= 4 is 16.1 Å². The van der Waals surface area contributed by atoms with Crippen molar-refractivity contribution in [3.8, 4) is 0 Å². The van der Waals surface area contributed by atoms with Crippen molar-refractivity contribution in [3.05, 3.63) is 11.1 Å². The van der Waals surface area contributed by atoms with Gasteiger partial charge in [0.2, 0.25) is 0 Å². The Balaban J connectivity index is 5.21. The molecule has 0 aliphatic heterocycles. The third-order valence-corrected chi connectivity index (χ3v) is 4.52. The first-order valence-corrected chi connectivity index (χ1v) is 9.63. The number of hydrogen-bond donors (Lipinski definition) is 2. The number of hydrogen-bond acceptors (Lipinski definition) is 5. The lowest BCUT2D eigenvalue weighted by atomic mass is 9.87. The summed E-state index contributed by atoms with van der Waals surface area (Å²) in [6.45, 7) is 5.29. The van der Waals surface area contributed by atoms with Gasteiger partial charge >= 0.3 is 0 Å². The minimum Gasteiger partial charge on any atom is -0.545 e. The van der Waals surface area contributed by atoms with Crippen molar-refractivity contribution in [2.24, 2.45) is 5.92 Å². The number of carbonyl (C=O) groups excluding carboxylic acids is 1. The average Bonchev–Trinajstić information content (AvgIpc) is 2.46. The molecule has 0 aromatic rings. The highest BCUT2D eigenvalue weighted by Gasteiger charge is 2.17. The van der Waals surface area contributed by atoms with Crippen molar-refractivity contribution in [1.29, 1.82) is 0 Å². The van der Waals surface area contributed by atoms with E-state index in [9.17, 15) is 18.3 Å². The van der Waals surface area contributed by atoms with E-state index in [1.54, 1.807) is 0 Å². The predicted molar refractivity (Wildman–Crippen MR) is 84.9 cm³/mol. The molecule has 0 bridgehead atoms. The van der Waals surface area contributed by atoms with Crippen LogP contribution in [0.3, 0.4) is 0 Å². The van der Waals surface area contributed by atoms with Gasteiger partial charge in [-0.15, -0.1) is 0 Å². The lowest BCUT2D eigenvalue weighted by Gasteiger charge is -2.23. The van der Waals surface area contributed by atoms with Crippen molar-refractivity contribution in [2.75, 3.05) is 25.5 Å². The van der Waals surface area contributed by atoms with E-state index in [0.29, 0.717) is 44.6 Å². The van der Waals surface area contributed by atoms with Gasteiger partial charge in [0, 0.05) is 0 Å². The van der Waals surface area contributed by atoms with Gasteiger partial charge in [0.1, 0.15) is 0 Å². The Morgan fingerprint density at radius 3 is 2.26 bits per heavy atom. The molecule has 0 aliphatic carbocycles. The third kappa shape index (κ3) is 9.70. The van der Waals surface area contributed by atoms with E-state index >= 15 is 0 Å². The molecule has 0 aromatic carbocycles. The Kier molecular flexibility index (Phi) is 11.1. The number of aliphatic carboxylic acids is 1. The summed E-state index contributed by atoms with van der Waals surface area (Å²) in [5.41, 5.74) is 4.56. The first kappa shape index (κ1) is 22.0. The molecule has 0 aliphatic rings. The molecule has 0 unspecified atom stereocenters. The lowest BCUT2D eigenvalue weighted by molar-refractivity contribution is -0.374. The Hall–Kier alpha value is -0.960. The first-order chi connectivity index (χ1) is 10.8. The standard InChI is InChI=1S/C15H29NO6S/c1-3-12(4-2)14(15(17)18)13(7-9-22-10-8-16)6-5-11-23(19,20)21/h12H,3-11,16H2,1-2H3,(H,17,18)(H,19,20,21). The summed E-state index contributed by atoms with van der Waals surface area (Å²) in [4.78, 5) is 11.6. The molecule has 8 heteroatoms. The van der Waals surface area contributed by atoms with Gasteiger partial charge in [0.05, 0.1) is 31.5 Å². The molecule has 0 aromatic heterocycles. The van der Waals surface area contributed by atoms with E-state index in [2.05, 4.69) is 5.73 Å². The van der Waals surface area contributed by atoms with Crippen LogP contribution in [0.2, 0.25) is 0 Å². The smallest absolute Gasteiger partial charge is 0.264 e.